The van der Waals surface area contributed by atoms with Crippen molar-refractivity contribution in [1.82, 2.24) is 0 Å². The Labute approximate surface area is 171 Å². The maximum absolute atomic E-state index is 14.7. The van der Waals surface area contributed by atoms with Crippen molar-refractivity contribution >= 4 is 34.6 Å². The highest BCUT2D eigenvalue weighted by Crippen LogP contribution is 2.41. The molecule has 0 N–H and O–H groups in total. The molecule has 1 amide bonds. The normalized spacial score (nSPS) is 22.4. The first-order valence-corrected chi connectivity index (χ1v) is 10.6. The molecule has 0 bridgehead atoms. The van der Waals surface area contributed by atoms with Gasteiger partial charge < -0.3 is 14.4 Å². The van der Waals surface area contributed by atoms with E-state index in [0.717, 1.165) is 26.3 Å². The Morgan fingerprint density at radius 3 is 2.76 bits per heavy atom. The van der Waals surface area contributed by atoms with E-state index in [0.29, 0.717) is 35.6 Å². The van der Waals surface area contributed by atoms with E-state index in [9.17, 15) is 14.0 Å². The molecule has 0 radical (unpaired) electrons. The zero-order valence-electron chi connectivity index (χ0n) is 15.8. The molecule has 4 heterocycles. The standard InChI is InChI=1S/C21H21FN2O4S/c22-16-8-14(3-5-17(16)23-10-21(11-23)12-27-13-21)24-9-15(28-20(24)26)4-6-18(25)19-2-1-7-29-19/h1-3,5,7-8,15H,4,6,9-13H2/t15-/m0/s1. The second-order valence-electron chi connectivity index (χ2n) is 8.04. The Morgan fingerprint density at radius 2 is 2.10 bits per heavy atom. The molecule has 3 aliphatic heterocycles. The minimum Gasteiger partial charge on any atom is -0.444 e. The largest absolute Gasteiger partial charge is 0.444 e. The number of carbonyl (C=O) groups excluding carboxylic acids is 2. The number of nitrogens with zero attached hydrogens (tertiary/aromatic N) is 2. The lowest BCUT2D eigenvalue weighted by Crippen LogP contribution is -2.66. The Bertz CT molecular complexity index is 936. The lowest BCUT2D eigenvalue weighted by atomic mass is 9.78. The van der Waals surface area contributed by atoms with Crippen molar-refractivity contribution in [3.63, 3.8) is 0 Å². The number of halogens is 1. The van der Waals surface area contributed by atoms with Crippen LogP contribution in [0.1, 0.15) is 22.5 Å². The van der Waals surface area contributed by atoms with Crippen LogP contribution < -0.4 is 9.80 Å². The molecular weight excluding hydrogens is 395 g/mol. The third kappa shape index (κ3) is 3.40. The molecule has 3 saturated heterocycles. The first kappa shape index (κ1) is 18.6. The van der Waals surface area contributed by atoms with Gasteiger partial charge >= 0.3 is 6.09 Å². The van der Waals surface area contributed by atoms with E-state index in [4.69, 9.17) is 9.47 Å². The van der Waals surface area contributed by atoms with Gasteiger partial charge in [-0.05, 0) is 36.1 Å². The highest BCUT2D eigenvalue weighted by molar-refractivity contribution is 7.12. The number of hydrogen-bond donors (Lipinski definition) is 0. The molecule has 1 spiro atoms. The van der Waals surface area contributed by atoms with Crippen molar-refractivity contribution in [2.24, 2.45) is 5.41 Å². The molecular formula is C21H21FN2O4S. The topological polar surface area (TPSA) is 59.1 Å². The number of anilines is 2. The van der Waals surface area contributed by atoms with Crippen molar-refractivity contribution in [1.29, 1.82) is 0 Å². The fourth-order valence-electron chi connectivity index (χ4n) is 4.16. The quantitative estimate of drug-likeness (QED) is 0.672. The summed E-state index contributed by atoms with van der Waals surface area (Å²) >= 11 is 1.41. The van der Waals surface area contributed by atoms with Crippen LogP contribution in [0.15, 0.2) is 35.7 Å². The van der Waals surface area contributed by atoms with Crippen LogP contribution in [0.2, 0.25) is 0 Å². The number of ether oxygens (including phenoxy) is 2. The van der Waals surface area contributed by atoms with E-state index < -0.39 is 6.09 Å². The maximum atomic E-state index is 14.7. The predicted molar refractivity (Wildman–Crippen MR) is 107 cm³/mol. The molecule has 2 aromatic rings. The first-order valence-electron chi connectivity index (χ1n) is 9.70. The van der Waals surface area contributed by atoms with E-state index in [1.165, 1.54) is 22.3 Å². The molecule has 0 saturated carbocycles. The third-order valence-electron chi connectivity index (χ3n) is 5.82. The van der Waals surface area contributed by atoms with Crippen LogP contribution in [0.3, 0.4) is 0 Å². The lowest BCUT2D eigenvalue weighted by molar-refractivity contribution is -0.127. The average molecular weight is 416 g/mol. The molecule has 1 aromatic heterocycles. The molecule has 6 nitrogen and oxygen atoms in total. The van der Waals surface area contributed by atoms with Gasteiger partial charge in [-0.1, -0.05) is 6.07 Å². The summed E-state index contributed by atoms with van der Waals surface area (Å²) in [5, 5.41) is 1.86. The number of Topliss-reactive ketones (excluding diaryl/α,β-unsaturated/α-hetero) is 1. The summed E-state index contributed by atoms with van der Waals surface area (Å²) in [6, 6.07) is 8.49. The number of benzene rings is 1. The first-order chi connectivity index (χ1) is 14.0. The van der Waals surface area contributed by atoms with E-state index in [1.54, 1.807) is 18.2 Å². The van der Waals surface area contributed by atoms with Gasteiger partial charge in [0, 0.05) is 19.5 Å². The molecule has 3 fully saturated rings. The molecule has 1 aromatic carbocycles. The van der Waals surface area contributed by atoms with E-state index in [2.05, 4.69) is 0 Å². The number of cyclic esters (lactones) is 1. The number of hydrogen-bond acceptors (Lipinski definition) is 6. The van der Waals surface area contributed by atoms with Crippen molar-refractivity contribution in [3.05, 3.63) is 46.4 Å². The SMILES string of the molecule is O=C(CC[C@H]1CN(c2ccc(N3CC4(COC4)C3)c(F)c2)C(=O)O1)c1cccs1. The summed E-state index contributed by atoms with van der Waals surface area (Å²) in [4.78, 5) is 28.6. The highest BCUT2D eigenvalue weighted by atomic mass is 32.1. The smallest absolute Gasteiger partial charge is 0.414 e. The van der Waals surface area contributed by atoms with Gasteiger partial charge in [-0.2, -0.15) is 0 Å². The van der Waals surface area contributed by atoms with Crippen LogP contribution >= 0.6 is 11.3 Å². The molecule has 0 aliphatic carbocycles. The number of thiophene rings is 1. The maximum Gasteiger partial charge on any atom is 0.414 e. The van der Waals surface area contributed by atoms with Crippen LogP contribution in [-0.4, -0.2) is 50.8 Å². The zero-order valence-corrected chi connectivity index (χ0v) is 16.6. The summed E-state index contributed by atoms with van der Waals surface area (Å²) in [5.74, 6) is -0.296. The minimum absolute atomic E-state index is 0.0501. The number of carbonyl (C=O) groups is 2. The monoisotopic (exact) mass is 416 g/mol. The van der Waals surface area contributed by atoms with Gasteiger partial charge in [-0.15, -0.1) is 11.3 Å². The van der Waals surface area contributed by atoms with Gasteiger partial charge in [-0.25, -0.2) is 9.18 Å². The molecule has 1 atom stereocenters. The number of amides is 1. The second kappa shape index (κ2) is 7.11. The Morgan fingerprint density at radius 1 is 1.28 bits per heavy atom. The fraction of sp³-hybridized carbons (Fsp3) is 0.429. The van der Waals surface area contributed by atoms with Crippen LogP contribution in [0.4, 0.5) is 20.6 Å². The van der Waals surface area contributed by atoms with Gasteiger partial charge in [-0.3, -0.25) is 9.69 Å². The van der Waals surface area contributed by atoms with Crippen molar-refractivity contribution in [2.75, 3.05) is 42.6 Å². The van der Waals surface area contributed by atoms with Gasteiger partial charge in [0.2, 0.25) is 0 Å². The van der Waals surface area contributed by atoms with Gasteiger partial charge in [0.25, 0.3) is 0 Å². The van der Waals surface area contributed by atoms with Crippen LogP contribution in [0, 0.1) is 11.2 Å². The Kier molecular flexibility index (Phi) is 4.55. The summed E-state index contributed by atoms with van der Waals surface area (Å²) < 4.78 is 25.3. The molecule has 8 heteroatoms. The molecule has 152 valence electrons. The van der Waals surface area contributed by atoms with Crippen LogP contribution in [0.5, 0.6) is 0 Å². The van der Waals surface area contributed by atoms with E-state index in [1.807, 2.05) is 16.3 Å². The zero-order chi connectivity index (χ0) is 20.0. The summed E-state index contributed by atoms with van der Waals surface area (Å²) in [6.45, 7) is 3.42. The number of rotatable bonds is 6. The minimum atomic E-state index is -0.500. The van der Waals surface area contributed by atoms with Gasteiger partial charge in [0.05, 0.1) is 41.4 Å². The molecule has 3 aliphatic rings. The van der Waals surface area contributed by atoms with Gasteiger partial charge in [0.1, 0.15) is 11.9 Å². The summed E-state index contributed by atoms with van der Waals surface area (Å²) in [5.41, 5.74) is 1.24. The van der Waals surface area contributed by atoms with Crippen molar-refractivity contribution < 1.29 is 23.5 Å². The molecule has 29 heavy (non-hydrogen) atoms. The van der Waals surface area contributed by atoms with Crippen molar-refractivity contribution in [3.8, 4) is 0 Å². The molecule has 5 rings (SSSR count). The predicted octanol–water partition coefficient (Wildman–Crippen LogP) is 3.71. The number of ketones is 1. The van der Waals surface area contributed by atoms with E-state index in [-0.39, 0.29) is 23.1 Å². The average Bonchev–Trinajstić information content (AvgIpc) is 3.28. The summed E-state index contributed by atoms with van der Waals surface area (Å²) in [7, 11) is 0. The van der Waals surface area contributed by atoms with Gasteiger partial charge in [0.15, 0.2) is 5.78 Å². The fourth-order valence-corrected chi connectivity index (χ4v) is 4.86. The van der Waals surface area contributed by atoms with Crippen LogP contribution in [-0.2, 0) is 9.47 Å². The van der Waals surface area contributed by atoms with Crippen molar-refractivity contribution in [2.45, 2.75) is 18.9 Å². The Balaban J connectivity index is 1.20. The Hall–Kier alpha value is -2.45. The third-order valence-corrected chi connectivity index (χ3v) is 6.73. The summed E-state index contributed by atoms with van der Waals surface area (Å²) in [6.07, 6.45) is -0.0967. The van der Waals surface area contributed by atoms with E-state index >= 15 is 0 Å². The highest BCUT2D eigenvalue weighted by Gasteiger charge is 2.49. The van der Waals surface area contributed by atoms with Crippen LogP contribution in [0.25, 0.3) is 0 Å². The molecule has 0 unspecified atom stereocenters. The lowest BCUT2D eigenvalue weighted by Gasteiger charge is -2.56. The second-order valence-corrected chi connectivity index (χ2v) is 8.99.